The van der Waals surface area contributed by atoms with Crippen molar-refractivity contribution in [3.05, 3.63) is 36.4 Å². The quantitative estimate of drug-likeness (QED) is 0.566. The summed E-state index contributed by atoms with van der Waals surface area (Å²) < 4.78 is 5.62. The molecule has 1 aliphatic heterocycles. The molecule has 2 rings (SSSR count). The van der Waals surface area contributed by atoms with Crippen molar-refractivity contribution < 1.29 is 14.3 Å². The van der Waals surface area contributed by atoms with Gasteiger partial charge in [0.25, 0.3) is 11.8 Å². The molecule has 0 spiro atoms. The lowest BCUT2D eigenvalue weighted by atomic mass is 10.2. The molecule has 106 valence electrons. The van der Waals surface area contributed by atoms with Crippen molar-refractivity contribution in [3.63, 3.8) is 0 Å². The summed E-state index contributed by atoms with van der Waals surface area (Å²) in [7, 11) is 0. The van der Waals surface area contributed by atoms with E-state index in [1.54, 1.807) is 24.3 Å². The number of hydrogen-bond donors (Lipinski definition) is 0. The summed E-state index contributed by atoms with van der Waals surface area (Å²) in [5.74, 6) is 0.156. The third kappa shape index (κ3) is 3.47. The third-order valence-corrected chi connectivity index (χ3v) is 3.17. The van der Waals surface area contributed by atoms with E-state index in [-0.39, 0.29) is 11.8 Å². The number of ether oxygens (including phenoxy) is 1. The molecule has 0 bridgehead atoms. The largest absolute Gasteiger partial charge is 0.494 e. The zero-order valence-electron chi connectivity index (χ0n) is 11.7. The summed E-state index contributed by atoms with van der Waals surface area (Å²) in [4.78, 5) is 24.2. The van der Waals surface area contributed by atoms with Gasteiger partial charge < -0.3 is 4.74 Å². The van der Waals surface area contributed by atoms with Crippen LogP contribution in [0.1, 0.15) is 32.6 Å². The van der Waals surface area contributed by atoms with Crippen molar-refractivity contribution in [2.75, 3.05) is 11.5 Å². The van der Waals surface area contributed by atoms with Crippen LogP contribution in [0.3, 0.4) is 0 Å². The van der Waals surface area contributed by atoms with Gasteiger partial charge in [-0.15, -0.1) is 0 Å². The standard InChI is InChI=1S/C16H19NO3/c1-2-3-4-5-12-20-14-8-6-13(7-9-14)17-15(18)10-11-16(17)19/h6-11H,2-5,12H2,1H3. The van der Waals surface area contributed by atoms with Gasteiger partial charge in [0, 0.05) is 12.2 Å². The van der Waals surface area contributed by atoms with E-state index in [1.165, 1.54) is 31.4 Å². The van der Waals surface area contributed by atoms with Gasteiger partial charge in [0.05, 0.1) is 12.3 Å². The van der Waals surface area contributed by atoms with Gasteiger partial charge in [0.2, 0.25) is 0 Å². The molecule has 1 aliphatic rings. The first-order valence-electron chi connectivity index (χ1n) is 7.01. The zero-order valence-corrected chi connectivity index (χ0v) is 11.7. The first-order chi connectivity index (χ1) is 9.72. The average Bonchev–Trinajstić information content (AvgIpc) is 2.79. The summed E-state index contributed by atoms with van der Waals surface area (Å²) in [5.41, 5.74) is 0.573. The molecule has 0 aliphatic carbocycles. The maximum atomic E-state index is 11.5. The Morgan fingerprint density at radius 2 is 1.60 bits per heavy atom. The Morgan fingerprint density at radius 1 is 0.950 bits per heavy atom. The van der Waals surface area contributed by atoms with Crippen molar-refractivity contribution in [2.24, 2.45) is 0 Å². The van der Waals surface area contributed by atoms with Crippen LogP contribution in [0, 0.1) is 0 Å². The normalized spacial score (nSPS) is 14.2. The molecule has 4 nitrogen and oxygen atoms in total. The van der Waals surface area contributed by atoms with E-state index in [4.69, 9.17) is 4.74 Å². The van der Waals surface area contributed by atoms with Gasteiger partial charge in [-0.05, 0) is 30.7 Å². The van der Waals surface area contributed by atoms with Gasteiger partial charge in [-0.1, -0.05) is 26.2 Å². The van der Waals surface area contributed by atoms with Crippen LogP contribution in [0.5, 0.6) is 5.75 Å². The Morgan fingerprint density at radius 3 is 2.20 bits per heavy atom. The molecule has 1 heterocycles. The van der Waals surface area contributed by atoms with Crippen molar-refractivity contribution in [2.45, 2.75) is 32.6 Å². The van der Waals surface area contributed by atoms with E-state index in [9.17, 15) is 9.59 Å². The van der Waals surface area contributed by atoms with Crippen LogP contribution in [0.15, 0.2) is 36.4 Å². The number of amides is 2. The van der Waals surface area contributed by atoms with Crippen LogP contribution in [0.25, 0.3) is 0 Å². The SMILES string of the molecule is CCCCCCOc1ccc(N2C(=O)C=CC2=O)cc1. The van der Waals surface area contributed by atoms with Crippen LogP contribution in [-0.4, -0.2) is 18.4 Å². The molecule has 0 saturated carbocycles. The minimum atomic E-state index is -0.303. The summed E-state index contributed by atoms with van der Waals surface area (Å²) in [6.45, 7) is 2.87. The fraction of sp³-hybridized carbons (Fsp3) is 0.375. The highest BCUT2D eigenvalue weighted by atomic mass is 16.5. The van der Waals surface area contributed by atoms with E-state index >= 15 is 0 Å². The fourth-order valence-corrected chi connectivity index (χ4v) is 2.07. The Balaban J connectivity index is 1.87. The summed E-state index contributed by atoms with van der Waals surface area (Å²) in [6, 6.07) is 7.02. The minimum absolute atomic E-state index is 0.303. The van der Waals surface area contributed by atoms with Gasteiger partial charge >= 0.3 is 0 Å². The first kappa shape index (κ1) is 14.3. The van der Waals surface area contributed by atoms with Gasteiger partial charge in [0.1, 0.15) is 5.75 Å². The molecule has 20 heavy (non-hydrogen) atoms. The van der Waals surface area contributed by atoms with Crippen molar-refractivity contribution >= 4 is 17.5 Å². The third-order valence-electron chi connectivity index (χ3n) is 3.17. The number of hydrogen-bond acceptors (Lipinski definition) is 3. The Hall–Kier alpha value is -2.10. The molecule has 0 aromatic heterocycles. The number of imide groups is 1. The highest BCUT2D eigenvalue weighted by Gasteiger charge is 2.24. The van der Waals surface area contributed by atoms with Gasteiger partial charge in [0.15, 0.2) is 0 Å². The van der Waals surface area contributed by atoms with E-state index in [1.807, 2.05) is 0 Å². The number of unbranched alkanes of at least 4 members (excludes halogenated alkanes) is 3. The molecule has 0 fully saturated rings. The fourth-order valence-electron chi connectivity index (χ4n) is 2.07. The minimum Gasteiger partial charge on any atom is -0.494 e. The van der Waals surface area contributed by atoms with E-state index in [0.717, 1.165) is 17.1 Å². The smallest absolute Gasteiger partial charge is 0.258 e. The molecule has 0 unspecified atom stereocenters. The van der Waals surface area contributed by atoms with Gasteiger partial charge in [-0.2, -0.15) is 0 Å². The Kier molecular flexibility index (Phi) is 4.93. The molecular formula is C16H19NO3. The van der Waals surface area contributed by atoms with Crippen LogP contribution in [0.2, 0.25) is 0 Å². The number of nitrogens with zero attached hydrogens (tertiary/aromatic N) is 1. The Bertz CT molecular complexity index is 487. The predicted molar refractivity (Wildman–Crippen MR) is 77.7 cm³/mol. The molecule has 0 atom stereocenters. The zero-order chi connectivity index (χ0) is 14.4. The Labute approximate surface area is 119 Å². The lowest BCUT2D eigenvalue weighted by Gasteiger charge is -2.14. The van der Waals surface area contributed by atoms with Crippen molar-refractivity contribution in [1.29, 1.82) is 0 Å². The highest BCUT2D eigenvalue weighted by Crippen LogP contribution is 2.22. The van der Waals surface area contributed by atoms with Gasteiger partial charge in [-0.3, -0.25) is 9.59 Å². The van der Waals surface area contributed by atoms with Crippen LogP contribution < -0.4 is 9.64 Å². The highest BCUT2D eigenvalue weighted by molar-refractivity contribution is 6.28. The number of anilines is 1. The second-order valence-corrected chi connectivity index (χ2v) is 4.75. The van der Waals surface area contributed by atoms with E-state index in [0.29, 0.717) is 12.3 Å². The predicted octanol–water partition coefficient (Wildman–Crippen LogP) is 3.08. The molecule has 0 N–H and O–H groups in total. The monoisotopic (exact) mass is 273 g/mol. The molecular weight excluding hydrogens is 254 g/mol. The maximum Gasteiger partial charge on any atom is 0.258 e. The molecule has 0 radical (unpaired) electrons. The van der Waals surface area contributed by atoms with Crippen LogP contribution in [-0.2, 0) is 9.59 Å². The summed E-state index contributed by atoms with van der Waals surface area (Å²) >= 11 is 0. The number of benzene rings is 1. The lowest BCUT2D eigenvalue weighted by Crippen LogP contribution is -2.29. The maximum absolute atomic E-state index is 11.5. The second-order valence-electron chi connectivity index (χ2n) is 4.75. The summed E-state index contributed by atoms with van der Waals surface area (Å²) in [6.07, 6.45) is 7.22. The second kappa shape index (κ2) is 6.89. The number of carbonyl (C=O) groups excluding carboxylic acids is 2. The van der Waals surface area contributed by atoms with Crippen LogP contribution >= 0.6 is 0 Å². The van der Waals surface area contributed by atoms with E-state index < -0.39 is 0 Å². The van der Waals surface area contributed by atoms with Crippen LogP contribution in [0.4, 0.5) is 5.69 Å². The number of carbonyl (C=O) groups is 2. The average molecular weight is 273 g/mol. The molecule has 2 amide bonds. The first-order valence-corrected chi connectivity index (χ1v) is 7.01. The molecule has 1 aromatic rings. The molecule has 1 aromatic carbocycles. The van der Waals surface area contributed by atoms with Gasteiger partial charge in [-0.25, -0.2) is 4.90 Å². The van der Waals surface area contributed by atoms with Crippen molar-refractivity contribution in [3.8, 4) is 5.75 Å². The molecule has 4 heteroatoms. The molecule has 0 saturated heterocycles. The lowest BCUT2D eigenvalue weighted by molar-refractivity contribution is -0.119. The number of rotatable bonds is 7. The van der Waals surface area contributed by atoms with E-state index in [2.05, 4.69) is 6.92 Å². The summed E-state index contributed by atoms with van der Waals surface area (Å²) in [5, 5.41) is 0. The van der Waals surface area contributed by atoms with Crippen molar-refractivity contribution in [1.82, 2.24) is 0 Å². The topological polar surface area (TPSA) is 46.6 Å².